The van der Waals surface area contributed by atoms with E-state index in [1.54, 1.807) is 11.3 Å². The summed E-state index contributed by atoms with van der Waals surface area (Å²) in [5.41, 5.74) is 1.21. The number of unbranched alkanes of at least 4 members (excludes halogenated alkanes) is 1. The summed E-state index contributed by atoms with van der Waals surface area (Å²) in [7, 11) is 0. The van der Waals surface area contributed by atoms with Crippen molar-refractivity contribution in [2.24, 2.45) is 0 Å². The van der Waals surface area contributed by atoms with Crippen LogP contribution in [0.15, 0.2) is 28.7 Å². The van der Waals surface area contributed by atoms with Crippen molar-refractivity contribution in [1.29, 1.82) is 0 Å². The Kier molecular flexibility index (Phi) is 6.29. The number of allylic oxidation sites excluding steroid dienone is 1. The smallest absolute Gasteiger partial charge is 0.288 e. The van der Waals surface area contributed by atoms with E-state index in [2.05, 4.69) is 16.8 Å². The second-order valence-corrected chi connectivity index (χ2v) is 7.06. The molecule has 0 unspecified atom stereocenters. The highest BCUT2D eigenvalue weighted by atomic mass is 32.1. The number of hydrogen-bond donors (Lipinski definition) is 1. The molecule has 0 aromatic carbocycles. The minimum atomic E-state index is -0.403. The Labute approximate surface area is 146 Å². The van der Waals surface area contributed by atoms with Crippen LogP contribution in [0, 0.1) is 0 Å². The monoisotopic (exact) mass is 351 g/mol. The van der Waals surface area contributed by atoms with E-state index in [9.17, 15) is 4.79 Å². The fraction of sp³-hybridized carbons (Fsp3) is 0.611. The minimum absolute atomic E-state index is 0.0172. The Morgan fingerprint density at radius 3 is 2.92 bits per heavy atom. The van der Waals surface area contributed by atoms with Crippen LogP contribution in [0.2, 0.25) is 0 Å². The molecule has 5 nitrogen and oxygen atoms in total. The number of amides is 1. The molecule has 0 radical (unpaired) electrons. The van der Waals surface area contributed by atoms with E-state index in [1.165, 1.54) is 5.56 Å². The van der Waals surface area contributed by atoms with E-state index in [0.29, 0.717) is 18.8 Å². The van der Waals surface area contributed by atoms with Crippen LogP contribution in [0.25, 0.3) is 0 Å². The number of carbonyl (C=O) groups is 1. The van der Waals surface area contributed by atoms with Gasteiger partial charge in [0.1, 0.15) is 0 Å². The molecule has 1 fully saturated rings. The summed E-state index contributed by atoms with van der Waals surface area (Å²) in [4.78, 5) is 14.5. The summed E-state index contributed by atoms with van der Waals surface area (Å²) in [6, 6.07) is 2.10. The van der Waals surface area contributed by atoms with Crippen molar-refractivity contribution in [1.82, 2.24) is 4.90 Å². The maximum atomic E-state index is 12.7. The Bertz CT molecular complexity index is 551. The van der Waals surface area contributed by atoms with Gasteiger partial charge in [0.25, 0.3) is 5.91 Å². The van der Waals surface area contributed by atoms with Crippen LogP contribution in [0.3, 0.4) is 0 Å². The molecule has 3 rings (SSSR count). The van der Waals surface area contributed by atoms with Crippen molar-refractivity contribution >= 4 is 17.2 Å². The zero-order chi connectivity index (χ0) is 16.8. The number of carbonyl (C=O) groups excluding carboxylic acids is 1. The van der Waals surface area contributed by atoms with Crippen molar-refractivity contribution in [3.05, 3.63) is 34.2 Å². The third-order valence-corrected chi connectivity index (χ3v) is 5.19. The maximum Gasteiger partial charge on any atom is 0.288 e. The molecule has 0 aliphatic carbocycles. The maximum absolute atomic E-state index is 12.7. The topological polar surface area (TPSA) is 59.0 Å². The van der Waals surface area contributed by atoms with Gasteiger partial charge in [-0.25, -0.2) is 0 Å². The molecule has 2 aliphatic heterocycles. The van der Waals surface area contributed by atoms with Gasteiger partial charge in [0, 0.05) is 32.0 Å². The number of nitrogens with zero attached hydrogens (tertiary/aromatic N) is 1. The van der Waals surface area contributed by atoms with Crippen molar-refractivity contribution < 1.29 is 19.4 Å². The molecule has 1 saturated heterocycles. The normalized spacial score (nSPS) is 23.9. The molecule has 24 heavy (non-hydrogen) atoms. The molecule has 0 saturated carbocycles. The van der Waals surface area contributed by atoms with E-state index >= 15 is 0 Å². The molecule has 1 aromatic heterocycles. The predicted octanol–water partition coefficient (Wildman–Crippen LogP) is 2.87. The van der Waals surface area contributed by atoms with Gasteiger partial charge in [-0.1, -0.05) is 0 Å². The van der Waals surface area contributed by atoms with Crippen molar-refractivity contribution in [2.45, 2.75) is 44.3 Å². The number of aliphatic hydroxyl groups is 1. The zero-order valence-corrected chi connectivity index (χ0v) is 14.7. The molecular weight excluding hydrogens is 326 g/mol. The Balaban J connectivity index is 1.68. The van der Waals surface area contributed by atoms with Crippen LogP contribution in [-0.2, 0) is 14.3 Å². The van der Waals surface area contributed by atoms with Crippen molar-refractivity contribution in [2.75, 3.05) is 26.3 Å². The quantitative estimate of drug-likeness (QED) is 0.768. The molecule has 3 heterocycles. The summed E-state index contributed by atoms with van der Waals surface area (Å²) in [6.45, 7) is 2.33. The van der Waals surface area contributed by atoms with Gasteiger partial charge in [-0.3, -0.25) is 4.79 Å². The SMILES string of the molecule is O=C(C1=C[C@@H](c2ccsc2)C[C@@H](OCCCCO)O1)N1CCCC1. The lowest BCUT2D eigenvalue weighted by molar-refractivity contribution is -0.152. The number of rotatable bonds is 7. The predicted molar refractivity (Wildman–Crippen MR) is 92.7 cm³/mol. The Morgan fingerprint density at radius 2 is 2.21 bits per heavy atom. The van der Waals surface area contributed by atoms with Gasteiger partial charge in [-0.2, -0.15) is 11.3 Å². The molecule has 0 bridgehead atoms. The molecule has 2 aliphatic rings. The van der Waals surface area contributed by atoms with Gasteiger partial charge >= 0.3 is 0 Å². The molecule has 132 valence electrons. The van der Waals surface area contributed by atoms with Crippen LogP contribution < -0.4 is 0 Å². The van der Waals surface area contributed by atoms with Gasteiger partial charge in [0.15, 0.2) is 5.76 Å². The minimum Gasteiger partial charge on any atom is -0.459 e. The molecule has 0 spiro atoms. The number of ether oxygens (including phenoxy) is 2. The average molecular weight is 351 g/mol. The van der Waals surface area contributed by atoms with E-state index < -0.39 is 6.29 Å². The van der Waals surface area contributed by atoms with Gasteiger partial charge < -0.3 is 19.5 Å². The Morgan fingerprint density at radius 1 is 1.38 bits per heavy atom. The fourth-order valence-corrected chi connectivity index (χ4v) is 3.86. The Hall–Kier alpha value is -1.37. The fourth-order valence-electron chi connectivity index (χ4n) is 3.13. The molecule has 6 heteroatoms. The average Bonchev–Trinajstić information content (AvgIpc) is 3.31. The summed E-state index contributed by atoms with van der Waals surface area (Å²) in [6.07, 6.45) is 5.90. The van der Waals surface area contributed by atoms with Crippen LogP contribution in [0.1, 0.15) is 43.6 Å². The zero-order valence-electron chi connectivity index (χ0n) is 13.9. The molecular formula is C18H25NO4S. The lowest BCUT2D eigenvalue weighted by Crippen LogP contribution is -2.34. The molecule has 1 aromatic rings. The largest absolute Gasteiger partial charge is 0.459 e. The van der Waals surface area contributed by atoms with Crippen molar-refractivity contribution in [3.8, 4) is 0 Å². The number of aliphatic hydroxyl groups excluding tert-OH is 1. The van der Waals surface area contributed by atoms with E-state index in [4.69, 9.17) is 14.6 Å². The second-order valence-electron chi connectivity index (χ2n) is 6.28. The third kappa shape index (κ3) is 4.37. The lowest BCUT2D eigenvalue weighted by Gasteiger charge is -2.30. The van der Waals surface area contributed by atoms with Crippen LogP contribution in [0.4, 0.5) is 0 Å². The standard InChI is InChI=1S/C18H25NO4S/c20-8-3-4-9-22-17-12-15(14-5-10-24-13-14)11-16(23-17)18(21)19-6-1-2-7-19/h5,10-11,13,15,17,20H,1-4,6-9,12H2/t15-,17+/m1/s1. The summed E-state index contributed by atoms with van der Waals surface area (Å²) in [5.74, 6) is 0.553. The van der Waals surface area contributed by atoms with E-state index in [0.717, 1.165) is 38.8 Å². The number of likely N-dealkylation sites (tertiary alicyclic amines) is 1. The van der Waals surface area contributed by atoms with Gasteiger partial charge in [0.2, 0.25) is 6.29 Å². The first-order valence-electron chi connectivity index (χ1n) is 8.70. The van der Waals surface area contributed by atoms with E-state index in [-0.39, 0.29) is 18.4 Å². The first kappa shape index (κ1) is 17.5. The number of thiophene rings is 1. The van der Waals surface area contributed by atoms with Crippen LogP contribution in [-0.4, -0.2) is 48.5 Å². The van der Waals surface area contributed by atoms with Gasteiger partial charge in [0.05, 0.1) is 6.61 Å². The summed E-state index contributed by atoms with van der Waals surface area (Å²) < 4.78 is 11.7. The highest BCUT2D eigenvalue weighted by molar-refractivity contribution is 7.08. The second kappa shape index (κ2) is 8.65. The molecule has 2 atom stereocenters. The highest BCUT2D eigenvalue weighted by Gasteiger charge is 2.31. The summed E-state index contributed by atoms with van der Waals surface area (Å²) in [5, 5.41) is 13.0. The van der Waals surface area contributed by atoms with Crippen molar-refractivity contribution in [3.63, 3.8) is 0 Å². The van der Waals surface area contributed by atoms with Crippen LogP contribution in [0.5, 0.6) is 0 Å². The third-order valence-electron chi connectivity index (χ3n) is 4.49. The van der Waals surface area contributed by atoms with E-state index in [1.807, 2.05) is 11.0 Å². The molecule has 1 amide bonds. The number of hydrogen-bond acceptors (Lipinski definition) is 5. The summed E-state index contributed by atoms with van der Waals surface area (Å²) >= 11 is 1.66. The highest BCUT2D eigenvalue weighted by Crippen LogP contribution is 2.33. The lowest BCUT2D eigenvalue weighted by atomic mass is 9.95. The molecule has 1 N–H and O–H groups in total. The first-order valence-corrected chi connectivity index (χ1v) is 9.64. The van der Waals surface area contributed by atoms with Gasteiger partial charge in [-0.05, 0) is 54.1 Å². The van der Waals surface area contributed by atoms with Gasteiger partial charge in [-0.15, -0.1) is 0 Å². The van der Waals surface area contributed by atoms with Crippen LogP contribution >= 0.6 is 11.3 Å². The first-order chi connectivity index (χ1) is 11.8.